The second-order valence-electron chi connectivity index (χ2n) is 4.27. The molecule has 1 aromatic heterocycles. The molecular weight excluding hydrogens is 247 g/mol. The van der Waals surface area contributed by atoms with Crippen LogP contribution in [0.4, 0.5) is 5.82 Å². The zero-order valence-corrected chi connectivity index (χ0v) is 10.6. The number of carbonyl (C=O) groups is 1. The molecule has 16 heavy (non-hydrogen) atoms. The predicted molar refractivity (Wildman–Crippen MR) is 64.8 cm³/mol. The number of hydrogen-bond acceptors (Lipinski definition) is 2. The fourth-order valence-corrected chi connectivity index (χ4v) is 2.35. The fourth-order valence-electron chi connectivity index (χ4n) is 1.66. The van der Waals surface area contributed by atoms with Crippen molar-refractivity contribution in [3.05, 3.63) is 24.4 Å². The van der Waals surface area contributed by atoms with Crippen LogP contribution in [-0.2, 0) is 4.79 Å². The van der Waals surface area contributed by atoms with E-state index in [2.05, 4.69) is 4.98 Å². The monoisotopic (exact) mass is 258 g/mol. The Morgan fingerprint density at radius 3 is 2.56 bits per heavy atom. The fraction of sp³-hybridized carbons (Fsp3) is 0.455. The van der Waals surface area contributed by atoms with Crippen LogP contribution in [0, 0.1) is 5.41 Å². The minimum atomic E-state index is -0.937. The molecule has 0 bridgehead atoms. The van der Waals surface area contributed by atoms with Crippen LogP contribution in [0.3, 0.4) is 0 Å². The molecule has 0 N–H and O–H groups in total. The summed E-state index contributed by atoms with van der Waals surface area (Å²) in [6, 6.07) is 5.40. The summed E-state index contributed by atoms with van der Waals surface area (Å²) in [6.07, 6.45) is 2.13. The third kappa shape index (κ3) is 1.68. The molecule has 1 amide bonds. The Morgan fingerprint density at radius 2 is 2.12 bits per heavy atom. The smallest absolute Gasteiger partial charge is 0.236 e. The number of anilines is 1. The molecule has 0 saturated heterocycles. The first-order valence-corrected chi connectivity index (χ1v) is 5.71. The van der Waals surface area contributed by atoms with Crippen LogP contribution >= 0.6 is 23.2 Å². The Hall–Kier alpha value is -0.800. The van der Waals surface area contributed by atoms with E-state index >= 15 is 0 Å². The summed E-state index contributed by atoms with van der Waals surface area (Å²) in [5.74, 6) is 0.501. The molecule has 86 valence electrons. The van der Waals surface area contributed by atoms with Crippen LogP contribution in [0.2, 0.25) is 0 Å². The Kier molecular flexibility index (Phi) is 2.63. The van der Waals surface area contributed by atoms with Gasteiger partial charge in [0.15, 0.2) is 0 Å². The summed E-state index contributed by atoms with van der Waals surface area (Å²) >= 11 is 11.9. The minimum Gasteiger partial charge on any atom is -0.299 e. The van der Waals surface area contributed by atoms with Crippen molar-refractivity contribution in [1.29, 1.82) is 0 Å². The lowest BCUT2D eigenvalue weighted by Crippen LogP contribution is -2.35. The van der Waals surface area contributed by atoms with E-state index in [1.165, 1.54) is 4.90 Å². The van der Waals surface area contributed by atoms with Crippen LogP contribution in [0.5, 0.6) is 0 Å². The highest BCUT2D eigenvalue weighted by Gasteiger charge is 2.68. The van der Waals surface area contributed by atoms with E-state index in [1.54, 1.807) is 32.3 Å². The van der Waals surface area contributed by atoms with Crippen molar-refractivity contribution in [2.24, 2.45) is 5.41 Å². The van der Waals surface area contributed by atoms with E-state index in [9.17, 15) is 4.79 Å². The lowest BCUT2D eigenvalue weighted by molar-refractivity contribution is -0.122. The molecule has 1 fully saturated rings. The van der Waals surface area contributed by atoms with Crippen LogP contribution in [0.15, 0.2) is 24.4 Å². The number of pyridine rings is 1. The van der Waals surface area contributed by atoms with Crippen LogP contribution in [0.25, 0.3) is 0 Å². The maximum Gasteiger partial charge on any atom is 0.236 e. The van der Waals surface area contributed by atoms with Gasteiger partial charge in [0, 0.05) is 13.2 Å². The lowest BCUT2D eigenvalue weighted by atomic mass is 10.1. The number of rotatable bonds is 2. The Labute approximate surface area is 104 Å². The van der Waals surface area contributed by atoms with Crippen molar-refractivity contribution in [3.63, 3.8) is 0 Å². The third-order valence-corrected chi connectivity index (χ3v) is 4.13. The highest BCUT2D eigenvalue weighted by molar-refractivity contribution is 6.53. The summed E-state index contributed by atoms with van der Waals surface area (Å²) in [7, 11) is 1.68. The van der Waals surface area contributed by atoms with E-state index in [0.29, 0.717) is 12.2 Å². The quantitative estimate of drug-likeness (QED) is 0.765. The molecule has 1 aromatic rings. The van der Waals surface area contributed by atoms with Gasteiger partial charge in [-0.2, -0.15) is 0 Å². The van der Waals surface area contributed by atoms with Gasteiger partial charge in [-0.05, 0) is 25.5 Å². The van der Waals surface area contributed by atoms with E-state index in [1.807, 2.05) is 6.07 Å². The Morgan fingerprint density at radius 1 is 1.50 bits per heavy atom. The largest absolute Gasteiger partial charge is 0.299 e. The molecule has 5 heteroatoms. The molecule has 0 radical (unpaired) electrons. The zero-order valence-electron chi connectivity index (χ0n) is 9.08. The van der Waals surface area contributed by atoms with Crippen molar-refractivity contribution in [2.45, 2.75) is 17.7 Å². The van der Waals surface area contributed by atoms with Crippen molar-refractivity contribution in [1.82, 2.24) is 4.98 Å². The average molecular weight is 259 g/mol. The molecule has 0 spiro atoms. The van der Waals surface area contributed by atoms with Crippen molar-refractivity contribution in [3.8, 4) is 0 Å². The van der Waals surface area contributed by atoms with Crippen molar-refractivity contribution in [2.75, 3.05) is 11.9 Å². The van der Waals surface area contributed by atoms with Gasteiger partial charge in [0.25, 0.3) is 0 Å². The molecule has 1 aliphatic rings. The number of alkyl halides is 2. The zero-order chi connectivity index (χ0) is 12.0. The van der Waals surface area contributed by atoms with Crippen LogP contribution in [-0.4, -0.2) is 22.3 Å². The molecule has 0 aromatic carbocycles. The summed E-state index contributed by atoms with van der Waals surface area (Å²) in [4.78, 5) is 17.8. The van der Waals surface area contributed by atoms with Gasteiger partial charge >= 0.3 is 0 Å². The highest BCUT2D eigenvalue weighted by atomic mass is 35.5. The van der Waals surface area contributed by atoms with Gasteiger partial charge in [-0.15, -0.1) is 23.2 Å². The van der Waals surface area contributed by atoms with E-state index in [-0.39, 0.29) is 5.91 Å². The van der Waals surface area contributed by atoms with Crippen LogP contribution < -0.4 is 4.90 Å². The highest BCUT2D eigenvalue weighted by Crippen LogP contribution is 2.64. The molecule has 3 nitrogen and oxygen atoms in total. The van der Waals surface area contributed by atoms with E-state index in [0.717, 1.165) is 0 Å². The summed E-state index contributed by atoms with van der Waals surface area (Å²) in [5.41, 5.74) is -0.692. The first-order valence-electron chi connectivity index (χ1n) is 4.95. The summed E-state index contributed by atoms with van der Waals surface area (Å²) in [6.45, 7) is 1.77. The number of nitrogens with zero attached hydrogens (tertiary/aromatic N) is 2. The van der Waals surface area contributed by atoms with Crippen molar-refractivity contribution >= 4 is 34.9 Å². The molecule has 1 atom stereocenters. The molecule has 1 unspecified atom stereocenters. The number of aromatic nitrogens is 1. The maximum atomic E-state index is 12.2. The number of halogens is 2. The molecule has 1 saturated carbocycles. The molecule has 1 aliphatic carbocycles. The second-order valence-corrected chi connectivity index (χ2v) is 5.75. The standard InChI is InChI=1S/C11H12Cl2N2O/c1-10(7-11(10,12)13)9(16)15(2)8-5-3-4-6-14-8/h3-6H,7H2,1-2H3. The average Bonchev–Trinajstić information content (AvgIpc) is 2.79. The Bertz CT molecular complexity index is 421. The topological polar surface area (TPSA) is 33.2 Å². The minimum absolute atomic E-state index is 0.101. The molecular formula is C11H12Cl2N2O. The molecule has 1 heterocycles. The third-order valence-electron chi connectivity index (χ3n) is 3.03. The number of amides is 1. The molecule has 0 aliphatic heterocycles. The van der Waals surface area contributed by atoms with Crippen LogP contribution in [0.1, 0.15) is 13.3 Å². The van der Waals surface area contributed by atoms with Gasteiger partial charge in [-0.25, -0.2) is 4.98 Å². The van der Waals surface area contributed by atoms with E-state index < -0.39 is 9.75 Å². The first-order chi connectivity index (χ1) is 7.38. The van der Waals surface area contributed by atoms with Crippen molar-refractivity contribution < 1.29 is 4.79 Å². The Balaban J connectivity index is 2.19. The normalized spacial score (nSPS) is 26.2. The van der Waals surface area contributed by atoms with Gasteiger partial charge < -0.3 is 0 Å². The first kappa shape index (κ1) is 11.7. The summed E-state index contributed by atoms with van der Waals surface area (Å²) in [5, 5.41) is 0. The number of hydrogen-bond donors (Lipinski definition) is 0. The van der Waals surface area contributed by atoms with E-state index in [4.69, 9.17) is 23.2 Å². The van der Waals surface area contributed by atoms with Gasteiger partial charge in [0.05, 0.1) is 5.41 Å². The second kappa shape index (κ2) is 3.60. The van der Waals surface area contributed by atoms with Gasteiger partial charge in [-0.3, -0.25) is 9.69 Å². The maximum absolute atomic E-state index is 12.2. The predicted octanol–water partition coefficient (Wildman–Crippen LogP) is 2.63. The SMILES string of the molecule is CN(C(=O)C1(C)CC1(Cl)Cl)c1ccccn1. The number of carbonyl (C=O) groups excluding carboxylic acids is 1. The summed E-state index contributed by atoms with van der Waals surface area (Å²) < 4.78 is -0.937. The van der Waals surface area contributed by atoms with Gasteiger partial charge in [-0.1, -0.05) is 6.07 Å². The van der Waals surface area contributed by atoms with Gasteiger partial charge in [0.1, 0.15) is 10.2 Å². The van der Waals surface area contributed by atoms with Gasteiger partial charge in [0.2, 0.25) is 5.91 Å². The molecule has 2 rings (SSSR count). The lowest BCUT2D eigenvalue weighted by Gasteiger charge is -2.21.